The first-order valence-electron chi connectivity index (χ1n) is 10.8. The van der Waals surface area contributed by atoms with E-state index in [1.54, 1.807) is 11.1 Å². The van der Waals surface area contributed by atoms with Crippen molar-refractivity contribution in [3.63, 3.8) is 0 Å². The maximum Gasteiger partial charge on any atom is 0.295 e. The summed E-state index contributed by atoms with van der Waals surface area (Å²) in [7, 11) is 0. The third kappa shape index (κ3) is 4.69. The number of nitrogens with zero attached hydrogens (tertiary/aromatic N) is 3. The van der Waals surface area contributed by atoms with Crippen LogP contribution in [0.25, 0.3) is 10.9 Å². The average Bonchev–Trinajstić information content (AvgIpc) is 3.11. The SMILES string of the molecule is CCCN(CCC)C(=O)C(=O)c1cn(CC(=O)N2CCCCC2)c2ccccc12. The van der Waals surface area contributed by atoms with Gasteiger partial charge < -0.3 is 14.4 Å². The predicted octanol–water partition coefficient (Wildman–Crippen LogP) is 3.49. The summed E-state index contributed by atoms with van der Waals surface area (Å²) in [5.41, 5.74) is 1.20. The lowest BCUT2D eigenvalue weighted by Crippen LogP contribution is -2.38. The molecule has 6 heteroatoms. The average molecular weight is 398 g/mol. The first-order chi connectivity index (χ1) is 14.1. The Kier molecular flexibility index (Phi) is 7.07. The Morgan fingerprint density at radius 1 is 0.966 bits per heavy atom. The van der Waals surface area contributed by atoms with Gasteiger partial charge in [0.2, 0.25) is 5.91 Å². The Balaban J connectivity index is 1.88. The summed E-state index contributed by atoms with van der Waals surface area (Å²) >= 11 is 0. The molecular weight excluding hydrogens is 366 g/mol. The van der Waals surface area contributed by atoms with E-state index in [4.69, 9.17) is 0 Å². The van der Waals surface area contributed by atoms with Gasteiger partial charge in [0, 0.05) is 43.3 Å². The van der Waals surface area contributed by atoms with E-state index in [1.807, 2.05) is 47.6 Å². The molecule has 2 heterocycles. The molecule has 1 aliphatic heterocycles. The number of carbonyl (C=O) groups is 3. The van der Waals surface area contributed by atoms with Crippen LogP contribution in [0.5, 0.6) is 0 Å². The number of ketones is 1. The van der Waals surface area contributed by atoms with Gasteiger partial charge in [-0.15, -0.1) is 0 Å². The van der Waals surface area contributed by atoms with Gasteiger partial charge in [0.25, 0.3) is 11.7 Å². The number of piperidine rings is 1. The quantitative estimate of drug-likeness (QED) is 0.506. The molecule has 0 bridgehead atoms. The van der Waals surface area contributed by atoms with Crippen LogP contribution in [0.2, 0.25) is 0 Å². The zero-order valence-electron chi connectivity index (χ0n) is 17.5. The van der Waals surface area contributed by atoms with E-state index in [2.05, 4.69) is 0 Å². The molecule has 0 atom stereocenters. The lowest BCUT2D eigenvalue weighted by molar-refractivity contribution is -0.132. The minimum Gasteiger partial charge on any atom is -0.341 e. The molecule has 1 saturated heterocycles. The topological polar surface area (TPSA) is 62.6 Å². The van der Waals surface area contributed by atoms with Crippen molar-refractivity contribution < 1.29 is 14.4 Å². The normalized spacial score (nSPS) is 14.2. The minimum absolute atomic E-state index is 0.0642. The summed E-state index contributed by atoms with van der Waals surface area (Å²) in [6.07, 6.45) is 6.56. The minimum atomic E-state index is -0.493. The molecule has 1 aromatic heterocycles. The molecule has 1 aliphatic rings. The van der Waals surface area contributed by atoms with E-state index in [1.165, 1.54) is 6.42 Å². The van der Waals surface area contributed by atoms with Crippen molar-refractivity contribution in [3.8, 4) is 0 Å². The number of aromatic nitrogens is 1. The number of rotatable bonds is 8. The van der Waals surface area contributed by atoms with Crippen LogP contribution in [0.4, 0.5) is 0 Å². The largest absolute Gasteiger partial charge is 0.341 e. The number of hydrogen-bond acceptors (Lipinski definition) is 3. The molecule has 0 saturated carbocycles. The van der Waals surface area contributed by atoms with E-state index in [0.29, 0.717) is 18.7 Å². The van der Waals surface area contributed by atoms with Crippen molar-refractivity contribution in [2.75, 3.05) is 26.2 Å². The molecule has 156 valence electrons. The van der Waals surface area contributed by atoms with E-state index >= 15 is 0 Å². The fourth-order valence-electron chi connectivity index (χ4n) is 4.06. The van der Waals surface area contributed by atoms with Crippen LogP contribution in [-0.4, -0.2) is 58.1 Å². The molecule has 6 nitrogen and oxygen atoms in total. The Morgan fingerprint density at radius 3 is 2.28 bits per heavy atom. The van der Waals surface area contributed by atoms with Crippen LogP contribution in [0.15, 0.2) is 30.5 Å². The molecule has 0 unspecified atom stereocenters. The lowest BCUT2D eigenvalue weighted by Gasteiger charge is -2.27. The van der Waals surface area contributed by atoms with Gasteiger partial charge >= 0.3 is 0 Å². The second-order valence-electron chi connectivity index (χ2n) is 7.75. The summed E-state index contributed by atoms with van der Waals surface area (Å²) in [4.78, 5) is 42.2. The number of likely N-dealkylation sites (tertiary alicyclic amines) is 1. The standard InChI is InChI=1S/C23H31N3O3/c1-3-12-25(13-4-2)23(29)22(28)19-16-26(20-11-7-6-10-18(19)20)17-21(27)24-14-8-5-9-15-24/h6-7,10-11,16H,3-5,8-9,12-15,17H2,1-2H3. The molecule has 1 fully saturated rings. The van der Waals surface area contributed by atoms with Gasteiger partial charge in [0.1, 0.15) is 6.54 Å². The molecular formula is C23H31N3O3. The number of benzene rings is 1. The van der Waals surface area contributed by atoms with Crippen molar-refractivity contribution in [1.82, 2.24) is 14.4 Å². The van der Waals surface area contributed by atoms with Crippen molar-refractivity contribution in [2.45, 2.75) is 52.5 Å². The van der Waals surface area contributed by atoms with Gasteiger partial charge in [-0.05, 0) is 38.2 Å². The van der Waals surface area contributed by atoms with Crippen LogP contribution in [0.1, 0.15) is 56.3 Å². The van der Waals surface area contributed by atoms with Gasteiger partial charge in [-0.3, -0.25) is 14.4 Å². The fraction of sp³-hybridized carbons (Fsp3) is 0.522. The maximum absolute atomic E-state index is 13.1. The molecule has 1 aromatic carbocycles. The summed E-state index contributed by atoms with van der Waals surface area (Å²) < 4.78 is 1.82. The van der Waals surface area contributed by atoms with E-state index < -0.39 is 11.7 Å². The van der Waals surface area contributed by atoms with Gasteiger partial charge in [0.05, 0.1) is 5.56 Å². The third-order valence-corrected chi connectivity index (χ3v) is 5.52. The van der Waals surface area contributed by atoms with E-state index in [0.717, 1.165) is 49.7 Å². The Morgan fingerprint density at radius 2 is 1.62 bits per heavy atom. The van der Waals surface area contributed by atoms with Crippen molar-refractivity contribution >= 4 is 28.5 Å². The molecule has 29 heavy (non-hydrogen) atoms. The monoisotopic (exact) mass is 397 g/mol. The molecule has 2 aromatic rings. The van der Waals surface area contributed by atoms with Gasteiger partial charge in [0.15, 0.2) is 0 Å². The fourth-order valence-corrected chi connectivity index (χ4v) is 4.06. The Bertz CT molecular complexity index is 875. The Hall–Kier alpha value is -2.63. The van der Waals surface area contributed by atoms with Crippen LogP contribution in [0, 0.1) is 0 Å². The van der Waals surface area contributed by atoms with E-state index in [-0.39, 0.29) is 12.5 Å². The molecule has 0 aliphatic carbocycles. The van der Waals surface area contributed by atoms with Crippen LogP contribution >= 0.6 is 0 Å². The maximum atomic E-state index is 13.1. The highest BCUT2D eigenvalue weighted by molar-refractivity contribution is 6.44. The lowest BCUT2D eigenvalue weighted by atomic mass is 10.1. The first-order valence-corrected chi connectivity index (χ1v) is 10.8. The second-order valence-corrected chi connectivity index (χ2v) is 7.75. The molecule has 3 rings (SSSR count). The third-order valence-electron chi connectivity index (χ3n) is 5.52. The highest BCUT2D eigenvalue weighted by atomic mass is 16.2. The highest BCUT2D eigenvalue weighted by Crippen LogP contribution is 2.23. The number of para-hydroxylation sites is 1. The number of Topliss-reactive ketones (excluding diaryl/α,β-unsaturated/α-hetero) is 1. The van der Waals surface area contributed by atoms with Crippen molar-refractivity contribution in [2.24, 2.45) is 0 Å². The summed E-state index contributed by atoms with van der Waals surface area (Å²) in [6, 6.07) is 7.49. The summed E-state index contributed by atoms with van der Waals surface area (Å²) in [5, 5.41) is 0.727. The zero-order valence-corrected chi connectivity index (χ0v) is 17.5. The number of amides is 2. The van der Waals surface area contributed by atoms with Crippen LogP contribution in [-0.2, 0) is 16.1 Å². The number of fused-ring (bicyclic) bond motifs is 1. The number of carbonyl (C=O) groups excluding carboxylic acids is 3. The molecule has 2 amide bonds. The molecule has 0 N–H and O–H groups in total. The van der Waals surface area contributed by atoms with Gasteiger partial charge in [-0.2, -0.15) is 0 Å². The number of hydrogen-bond donors (Lipinski definition) is 0. The first kappa shape index (κ1) is 21.1. The molecule has 0 radical (unpaired) electrons. The van der Waals surface area contributed by atoms with Crippen LogP contribution < -0.4 is 0 Å². The molecule has 0 spiro atoms. The van der Waals surface area contributed by atoms with E-state index in [9.17, 15) is 14.4 Å². The smallest absolute Gasteiger partial charge is 0.295 e. The zero-order chi connectivity index (χ0) is 20.8. The Labute approximate surface area is 172 Å². The second kappa shape index (κ2) is 9.72. The van der Waals surface area contributed by atoms with Gasteiger partial charge in [-0.1, -0.05) is 32.0 Å². The summed E-state index contributed by atoms with van der Waals surface area (Å²) in [5.74, 6) is -0.888. The van der Waals surface area contributed by atoms with Crippen LogP contribution in [0.3, 0.4) is 0 Å². The predicted molar refractivity (Wildman–Crippen MR) is 114 cm³/mol. The van der Waals surface area contributed by atoms with Crippen molar-refractivity contribution in [3.05, 3.63) is 36.0 Å². The highest BCUT2D eigenvalue weighted by Gasteiger charge is 2.26. The van der Waals surface area contributed by atoms with Gasteiger partial charge in [-0.25, -0.2) is 0 Å². The summed E-state index contributed by atoms with van der Waals surface area (Å²) in [6.45, 7) is 6.93. The van der Waals surface area contributed by atoms with Crippen molar-refractivity contribution in [1.29, 1.82) is 0 Å².